The van der Waals surface area contributed by atoms with E-state index in [1.165, 1.54) is 17.5 Å². The van der Waals surface area contributed by atoms with Crippen molar-refractivity contribution < 1.29 is 19.5 Å². The molecule has 0 heterocycles. The smallest absolute Gasteiger partial charge is 0.326 e. The van der Waals surface area contributed by atoms with Crippen molar-refractivity contribution in [2.75, 3.05) is 0 Å². The Balaban J connectivity index is 1.72. The minimum atomic E-state index is -1.07. The minimum absolute atomic E-state index is 0.0284. The van der Waals surface area contributed by atoms with Crippen LogP contribution in [-0.2, 0) is 33.6 Å². The molecule has 0 aromatic heterocycles. The van der Waals surface area contributed by atoms with Crippen molar-refractivity contribution in [3.05, 3.63) is 34.9 Å². The predicted octanol–water partition coefficient (Wildman–Crippen LogP) is 3.06. The summed E-state index contributed by atoms with van der Waals surface area (Å²) in [6.45, 7) is 3.80. The van der Waals surface area contributed by atoms with Gasteiger partial charge in [0.2, 0.25) is 11.8 Å². The van der Waals surface area contributed by atoms with Gasteiger partial charge < -0.3 is 15.7 Å². The fourth-order valence-electron chi connectivity index (χ4n) is 4.65. The Hall–Kier alpha value is -2.02. The molecule has 1 fully saturated rings. The summed E-state index contributed by atoms with van der Waals surface area (Å²) in [7, 11) is 0. The third-order valence-corrected chi connectivity index (χ3v) is 7.44. The molecular weight excluding hydrogens is 412 g/mol. The lowest BCUT2D eigenvalue weighted by Gasteiger charge is -2.32. The van der Waals surface area contributed by atoms with Crippen molar-refractivity contribution in [1.82, 2.24) is 10.6 Å². The molecule has 0 aliphatic heterocycles. The number of carboxylic acid groups (broad SMARTS) is 1. The van der Waals surface area contributed by atoms with E-state index in [1.54, 1.807) is 0 Å². The molecule has 3 N–H and O–H groups in total. The van der Waals surface area contributed by atoms with Crippen molar-refractivity contribution in [3.63, 3.8) is 0 Å². The number of amides is 2. The molecule has 0 spiro atoms. The zero-order valence-electron chi connectivity index (χ0n) is 18.4. The first-order valence-electron chi connectivity index (χ1n) is 11.4. The van der Waals surface area contributed by atoms with Gasteiger partial charge in [-0.3, -0.25) is 9.59 Å². The number of aryl methyl sites for hydroxylation is 2. The van der Waals surface area contributed by atoms with Crippen LogP contribution >= 0.6 is 12.6 Å². The summed E-state index contributed by atoms with van der Waals surface area (Å²) in [4.78, 5) is 37.8. The zero-order chi connectivity index (χ0) is 22.6. The number of carbonyl (C=O) groups excluding carboxylic acids is 2. The maximum atomic E-state index is 13.2. The largest absolute Gasteiger partial charge is 0.480 e. The summed E-state index contributed by atoms with van der Waals surface area (Å²) in [5, 5.41) is 14.9. The summed E-state index contributed by atoms with van der Waals surface area (Å²) >= 11 is 4.37. The second-order valence-electron chi connectivity index (χ2n) is 9.35. The molecule has 1 aromatic rings. The molecule has 1 saturated carbocycles. The van der Waals surface area contributed by atoms with Crippen LogP contribution in [0.5, 0.6) is 0 Å². The van der Waals surface area contributed by atoms with E-state index in [1.807, 2.05) is 19.9 Å². The lowest BCUT2D eigenvalue weighted by molar-refractivity contribution is -0.143. The van der Waals surface area contributed by atoms with Crippen LogP contribution in [0, 0.1) is 5.92 Å². The third kappa shape index (κ3) is 5.62. The maximum absolute atomic E-state index is 13.2. The highest BCUT2D eigenvalue weighted by molar-refractivity contribution is 7.81. The average molecular weight is 447 g/mol. The quantitative estimate of drug-likeness (QED) is 0.462. The molecular formula is C24H34N2O4S. The van der Waals surface area contributed by atoms with Crippen molar-refractivity contribution in [2.45, 2.75) is 88.5 Å². The molecule has 0 bridgehead atoms. The molecule has 170 valence electrons. The second kappa shape index (κ2) is 10.1. The Morgan fingerprint density at radius 2 is 1.71 bits per heavy atom. The summed E-state index contributed by atoms with van der Waals surface area (Å²) in [5.41, 5.74) is 2.47. The molecule has 7 heteroatoms. The number of aliphatic carboxylic acids is 1. The third-order valence-electron chi connectivity index (χ3n) is 6.61. The highest BCUT2D eigenvalue weighted by Crippen LogP contribution is 2.31. The van der Waals surface area contributed by atoms with Gasteiger partial charge in [-0.05, 0) is 61.1 Å². The molecule has 2 unspecified atom stereocenters. The molecule has 0 radical (unpaired) electrons. The summed E-state index contributed by atoms with van der Waals surface area (Å²) in [6, 6.07) is 5.09. The van der Waals surface area contributed by atoms with Crippen molar-refractivity contribution in [3.8, 4) is 0 Å². The molecule has 2 amide bonds. The van der Waals surface area contributed by atoms with Crippen LogP contribution in [-0.4, -0.2) is 39.7 Å². The van der Waals surface area contributed by atoms with E-state index in [2.05, 4.69) is 35.4 Å². The minimum Gasteiger partial charge on any atom is -0.480 e. The number of nitrogens with one attached hydrogen (secondary N) is 2. The first kappa shape index (κ1) is 23.6. The monoisotopic (exact) mass is 446 g/mol. The number of fused-ring (bicyclic) bond motifs is 1. The SMILES string of the molecule is CC(C)C(S)C(=O)NC1(C(=O)NC(Cc2ccc3c(c2)CCCC3)C(=O)O)CCCC1. The van der Waals surface area contributed by atoms with E-state index in [-0.39, 0.29) is 18.2 Å². The van der Waals surface area contributed by atoms with Crippen LogP contribution in [0.2, 0.25) is 0 Å². The molecule has 3 rings (SSSR count). The number of thiol groups is 1. The van der Waals surface area contributed by atoms with Gasteiger partial charge in [0, 0.05) is 6.42 Å². The van der Waals surface area contributed by atoms with Crippen LogP contribution in [0.3, 0.4) is 0 Å². The number of hydrogen-bond donors (Lipinski definition) is 4. The van der Waals surface area contributed by atoms with E-state index in [0.717, 1.165) is 37.7 Å². The Bertz CT molecular complexity index is 833. The van der Waals surface area contributed by atoms with Crippen molar-refractivity contribution in [1.29, 1.82) is 0 Å². The lowest BCUT2D eigenvalue weighted by atomic mass is 9.89. The lowest BCUT2D eigenvalue weighted by Crippen LogP contribution is -2.61. The van der Waals surface area contributed by atoms with E-state index >= 15 is 0 Å². The van der Waals surface area contributed by atoms with Crippen LogP contribution in [0.25, 0.3) is 0 Å². The fourth-order valence-corrected chi connectivity index (χ4v) is 4.71. The van der Waals surface area contributed by atoms with Crippen LogP contribution in [0.1, 0.15) is 69.1 Å². The van der Waals surface area contributed by atoms with Crippen molar-refractivity contribution in [2.24, 2.45) is 5.92 Å². The van der Waals surface area contributed by atoms with E-state index in [4.69, 9.17) is 0 Å². The van der Waals surface area contributed by atoms with E-state index < -0.39 is 28.7 Å². The molecule has 2 aliphatic carbocycles. The number of carbonyl (C=O) groups is 3. The fraction of sp³-hybridized carbons (Fsp3) is 0.625. The van der Waals surface area contributed by atoms with Crippen LogP contribution in [0.4, 0.5) is 0 Å². The molecule has 2 aliphatic rings. The van der Waals surface area contributed by atoms with Gasteiger partial charge in [0.1, 0.15) is 11.6 Å². The second-order valence-corrected chi connectivity index (χ2v) is 9.90. The number of benzene rings is 1. The van der Waals surface area contributed by atoms with Crippen molar-refractivity contribution >= 4 is 30.4 Å². The number of rotatable bonds is 8. The van der Waals surface area contributed by atoms with Gasteiger partial charge in [-0.15, -0.1) is 0 Å². The standard InChI is InChI=1S/C24H34N2O4S/c1-15(2)20(31)21(27)26-24(11-5-6-12-24)23(30)25-19(22(28)29)14-16-9-10-17-7-3-4-8-18(17)13-16/h9-10,13,15,19-20,31H,3-8,11-12,14H2,1-2H3,(H,25,30)(H,26,27)(H,28,29). The predicted molar refractivity (Wildman–Crippen MR) is 123 cm³/mol. The Kier molecular flexibility index (Phi) is 7.68. The van der Waals surface area contributed by atoms with Gasteiger partial charge >= 0.3 is 5.97 Å². The average Bonchev–Trinajstić information content (AvgIpc) is 3.22. The topological polar surface area (TPSA) is 95.5 Å². The Labute approximate surface area is 190 Å². The van der Waals surface area contributed by atoms with Gasteiger partial charge in [-0.25, -0.2) is 4.79 Å². The number of carboxylic acids is 1. The highest BCUT2D eigenvalue weighted by atomic mass is 32.1. The molecule has 1 aromatic carbocycles. The first-order chi connectivity index (χ1) is 14.7. The molecule has 6 nitrogen and oxygen atoms in total. The molecule has 31 heavy (non-hydrogen) atoms. The number of hydrogen-bond acceptors (Lipinski definition) is 4. The van der Waals surface area contributed by atoms with Gasteiger partial charge in [-0.2, -0.15) is 12.6 Å². The van der Waals surface area contributed by atoms with Gasteiger partial charge in [0.05, 0.1) is 5.25 Å². The summed E-state index contributed by atoms with van der Waals surface area (Å²) < 4.78 is 0. The first-order valence-corrected chi connectivity index (χ1v) is 11.9. The highest BCUT2D eigenvalue weighted by Gasteiger charge is 2.44. The normalized spacial score (nSPS) is 19.4. The van der Waals surface area contributed by atoms with Gasteiger partial charge in [0.15, 0.2) is 0 Å². The molecule has 0 saturated heterocycles. The Morgan fingerprint density at radius 3 is 2.32 bits per heavy atom. The maximum Gasteiger partial charge on any atom is 0.326 e. The van der Waals surface area contributed by atoms with Gasteiger partial charge in [-0.1, -0.05) is 44.9 Å². The summed E-state index contributed by atoms with van der Waals surface area (Å²) in [6.07, 6.45) is 7.30. The zero-order valence-corrected chi connectivity index (χ0v) is 19.3. The summed E-state index contributed by atoms with van der Waals surface area (Å²) in [5.74, 6) is -1.73. The van der Waals surface area contributed by atoms with Crippen LogP contribution < -0.4 is 10.6 Å². The van der Waals surface area contributed by atoms with Gasteiger partial charge in [0.25, 0.3) is 0 Å². The van der Waals surface area contributed by atoms with E-state index in [0.29, 0.717) is 12.8 Å². The molecule has 2 atom stereocenters. The van der Waals surface area contributed by atoms with E-state index in [9.17, 15) is 19.5 Å². The van der Waals surface area contributed by atoms with Crippen LogP contribution in [0.15, 0.2) is 18.2 Å². The Morgan fingerprint density at radius 1 is 1.06 bits per heavy atom.